The fraction of sp³-hybridized carbons (Fsp3) is 0.0952. The van der Waals surface area contributed by atoms with E-state index in [9.17, 15) is 9.90 Å². The Morgan fingerprint density at radius 2 is 2.03 bits per heavy atom. The standard InChI is InChI=1S/C21H15BrN6O3/c1-11-18(21(29)30)23-10-28(11)9-12-6-7-16-15(8-12)17(22)19(31-16)13-4-2-3-5-14(13)20-24-26-27-25-20/h2-8,10H,9H2,1H3,(H,29,30)(H,24,25,26,27). The molecule has 5 aromatic rings. The highest BCUT2D eigenvalue weighted by Gasteiger charge is 2.20. The summed E-state index contributed by atoms with van der Waals surface area (Å²) >= 11 is 3.69. The van der Waals surface area contributed by atoms with Crippen LogP contribution in [0.15, 0.2) is 57.7 Å². The van der Waals surface area contributed by atoms with Crippen molar-refractivity contribution in [2.75, 3.05) is 0 Å². The molecule has 10 heteroatoms. The van der Waals surface area contributed by atoms with Crippen LogP contribution in [-0.4, -0.2) is 41.3 Å². The molecule has 0 atom stereocenters. The van der Waals surface area contributed by atoms with E-state index in [-0.39, 0.29) is 5.69 Å². The molecule has 3 heterocycles. The first-order valence-corrected chi connectivity index (χ1v) is 10.1. The Morgan fingerprint density at radius 1 is 1.23 bits per heavy atom. The van der Waals surface area contributed by atoms with Crippen LogP contribution in [0.2, 0.25) is 0 Å². The molecule has 0 amide bonds. The number of H-pyrrole nitrogens is 1. The number of benzene rings is 2. The maximum atomic E-state index is 11.2. The van der Waals surface area contributed by atoms with Crippen LogP contribution in [-0.2, 0) is 6.54 Å². The minimum atomic E-state index is -1.03. The maximum Gasteiger partial charge on any atom is 0.356 e. The van der Waals surface area contributed by atoms with Gasteiger partial charge in [-0.15, -0.1) is 10.2 Å². The lowest BCUT2D eigenvalue weighted by Crippen LogP contribution is -2.04. The van der Waals surface area contributed by atoms with Crippen LogP contribution in [0.25, 0.3) is 33.7 Å². The molecule has 2 aromatic carbocycles. The first-order chi connectivity index (χ1) is 15.0. The van der Waals surface area contributed by atoms with Gasteiger partial charge in [0.05, 0.1) is 10.8 Å². The van der Waals surface area contributed by atoms with Crippen LogP contribution in [0.5, 0.6) is 0 Å². The second kappa shape index (κ2) is 7.47. The Kier molecular flexibility index (Phi) is 4.63. The van der Waals surface area contributed by atoms with Gasteiger partial charge in [-0.05, 0) is 45.8 Å². The van der Waals surface area contributed by atoms with E-state index >= 15 is 0 Å². The summed E-state index contributed by atoms with van der Waals surface area (Å²) in [6.07, 6.45) is 1.54. The zero-order chi connectivity index (χ0) is 21.5. The molecule has 31 heavy (non-hydrogen) atoms. The van der Waals surface area contributed by atoms with E-state index < -0.39 is 5.97 Å². The number of aromatic carboxylic acids is 1. The number of tetrazole rings is 1. The van der Waals surface area contributed by atoms with Crippen molar-refractivity contribution >= 4 is 32.9 Å². The molecule has 0 fully saturated rings. The van der Waals surface area contributed by atoms with Gasteiger partial charge in [0.15, 0.2) is 5.69 Å². The molecule has 0 spiro atoms. The van der Waals surface area contributed by atoms with E-state index in [1.807, 2.05) is 47.0 Å². The van der Waals surface area contributed by atoms with Gasteiger partial charge < -0.3 is 14.1 Å². The number of fused-ring (bicyclic) bond motifs is 1. The number of imidazole rings is 1. The highest BCUT2D eigenvalue weighted by Crippen LogP contribution is 2.41. The topological polar surface area (TPSA) is 123 Å². The Balaban J connectivity index is 1.56. The average molecular weight is 479 g/mol. The Hall–Kier alpha value is -3.79. The quantitative estimate of drug-likeness (QED) is 0.386. The van der Waals surface area contributed by atoms with Crippen molar-refractivity contribution in [1.82, 2.24) is 30.2 Å². The summed E-state index contributed by atoms with van der Waals surface area (Å²) in [5, 5.41) is 24.4. The molecular formula is C21H15BrN6O3. The number of carboxylic acids is 1. The van der Waals surface area contributed by atoms with E-state index in [4.69, 9.17) is 4.42 Å². The zero-order valence-electron chi connectivity index (χ0n) is 16.2. The number of furan rings is 1. The summed E-state index contributed by atoms with van der Waals surface area (Å²) in [7, 11) is 0. The number of hydrogen-bond acceptors (Lipinski definition) is 6. The summed E-state index contributed by atoms with van der Waals surface area (Å²) in [5.74, 6) is 0.113. The highest BCUT2D eigenvalue weighted by molar-refractivity contribution is 9.10. The number of nitrogens with one attached hydrogen (secondary N) is 1. The molecule has 0 aliphatic carbocycles. The minimum Gasteiger partial charge on any atom is -0.476 e. The third-order valence-corrected chi connectivity index (χ3v) is 5.89. The summed E-state index contributed by atoms with van der Waals surface area (Å²) in [5.41, 5.74) is 4.02. The predicted octanol–water partition coefficient (Wildman–Crippen LogP) is 4.29. The number of aromatic nitrogens is 6. The fourth-order valence-corrected chi connectivity index (χ4v) is 4.15. The van der Waals surface area contributed by atoms with Crippen LogP contribution in [0.1, 0.15) is 21.7 Å². The number of rotatable bonds is 5. The first kappa shape index (κ1) is 19.2. The monoisotopic (exact) mass is 478 g/mol. The summed E-state index contributed by atoms with van der Waals surface area (Å²) in [6.45, 7) is 2.24. The zero-order valence-corrected chi connectivity index (χ0v) is 17.8. The van der Waals surface area contributed by atoms with Crippen LogP contribution in [0.4, 0.5) is 0 Å². The van der Waals surface area contributed by atoms with Gasteiger partial charge in [-0.2, -0.15) is 5.21 Å². The van der Waals surface area contributed by atoms with Crippen LogP contribution in [0, 0.1) is 6.92 Å². The van der Waals surface area contributed by atoms with Crippen molar-refractivity contribution in [3.8, 4) is 22.7 Å². The molecule has 154 valence electrons. The molecule has 9 nitrogen and oxygen atoms in total. The average Bonchev–Trinajstić information content (AvgIpc) is 3.49. The second-order valence-electron chi connectivity index (χ2n) is 6.97. The highest BCUT2D eigenvalue weighted by atomic mass is 79.9. The predicted molar refractivity (Wildman–Crippen MR) is 116 cm³/mol. The summed E-state index contributed by atoms with van der Waals surface area (Å²) in [4.78, 5) is 15.2. The molecule has 3 aromatic heterocycles. The van der Waals surface area contributed by atoms with E-state index in [1.54, 1.807) is 13.3 Å². The smallest absolute Gasteiger partial charge is 0.356 e. The van der Waals surface area contributed by atoms with Crippen molar-refractivity contribution in [1.29, 1.82) is 0 Å². The summed E-state index contributed by atoms with van der Waals surface area (Å²) < 4.78 is 8.78. The lowest BCUT2D eigenvalue weighted by molar-refractivity contribution is 0.0690. The first-order valence-electron chi connectivity index (χ1n) is 9.32. The van der Waals surface area contributed by atoms with Gasteiger partial charge in [0, 0.05) is 28.8 Å². The summed E-state index contributed by atoms with van der Waals surface area (Å²) in [6, 6.07) is 13.6. The van der Waals surface area contributed by atoms with Crippen molar-refractivity contribution in [2.45, 2.75) is 13.5 Å². The number of carbonyl (C=O) groups is 1. The lowest BCUT2D eigenvalue weighted by Gasteiger charge is -2.06. The molecule has 0 unspecified atom stereocenters. The van der Waals surface area contributed by atoms with Crippen molar-refractivity contribution < 1.29 is 14.3 Å². The molecule has 0 aliphatic heterocycles. The van der Waals surface area contributed by atoms with Gasteiger partial charge in [0.2, 0.25) is 5.82 Å². The molecular weight excluding hydrogens is 464 g/mol. The molecule has 0 saturated heterocycles. The minimum absolute atomic E-state index is 0.0610. The number of nitrogens with zero attached hydrogens (tertiary/aromatic N) is 5. The molecule has 0 aliphatic rings. The van der Waals surface area contributed by atoms with Crippen LogP contribution >= 0.6 is 15.9 Å². The second-order valence-corrected chi connectivity index (χ2v) is 7.76. The number of aromatic amines is 1. The van der Waals surface area contributed by atoms with E-state index in [0.29, 0.717) is 23.8 Å². The molecule has 5 rings (SSSR count). The van der Waals surface area contributed by atoms with Crippen LogP contribution < -0.4 is 0 Å². The van der Waals surface area contributed by atoms with Gasteiger partial charge >= 0.3 is 5.97 Å². The number of halogens is 1. The molecule has 2 N–H and O–H groups in total. The molecule has 0 radical (unpaired) electrons. The normalized spacial score (nSPS) is 11.3. The van der Waals surface area contributed by atoms with Crippen molar-refractivity contribution in [3.63, 3.8) is 0 Å². The van der Waals surface area contributed by atoms with E-state index in [0.717, 1.165) is 32.1 Å². The number of carboxylic acid groups (broad SMARTS) is 1. The van der Waals surface area contributed by atoms with Gasteiger partial charge in [0.25, 0.3) is 0 Å². The largest absolute Gasteiger partial charge is 0.476 e. The van der Waals surface area contributed by atoms with Gasteiger partial charge in [-0.1, -0.05) is 30.3 Å². The lowest BCUT2D eigenvalue weighted by atomic mass is 10.0. The number of hydrogen-bond donors (Lipinski definition) is 2. The SMILES string of the molecule is Cc1c(C(=O)O)ncn1Cc1ccc2oc(-c3ccccc3-c3nn[nH]n3)c(Br)c2c1. The maximum absolute atomic E-state index is 11.2. The Bertz CT molecular complexity index is 1420. The third-order valence-electron chi connectivity index (χ3n) is 5.10. The molecule has 0 bridgehead atoms. The fourth-order valence-electron chi connectivity index (χ4n) is 3.55. The van der Waals surface area contributed by atoms with Gasteiger partial charge in [0.1, 0.15) is 11.3 Å². The van der Waals surface area contributed by atoms with Crippen molar-refractivity contribution in [3.05, 3.63) is 70.2 Å². The third kappa shape index (κ3) is 3.30. The Labute approximate surface area is 183 Å². The molecule has 0 saturated carbocycles. The van der Waals surface area contributed by atoms with E-state index in [2.05, 4.69) is 41.5 Å². The van der Waals surface area contributed by atoms with Crippen LogP contribution in [0.3, 0.4) is 0 Å². The van der Waals surface area contributed by atoms with E-state index in [1.165, 1.54) is 0 Å². The van der Waals surface area contributed by atoms with Gasteiger partial charge in [-0.25, -0.2) is 9.78 Å². The van der Waals surface area contributed by atoms with Crippen molar-refractivity contribution in [2.24, 2.45) is 0 Å². The van der Waals surface area contributed by atoms with Gasteiger partial charge in [-0.3, -0.25) is 0 Å². The Morgan fingerprint density at radius 3 is 2.74 bits per heavy atom.